The van der Waals surface area contributed by atoms with Crippen molar-refractivity contribution < 1.29 is 13.9 Å². The van der Waals surface area contributed by atoms with Gasteiger partial charge in [-0.3, -0.25) is 0 Å². The SMILES string of the molecule is Cc1ccc(/C=C/C(=O)Oc2ccccc2Cl)o1. The predicted octanol–water partition coefficient (Wildman–Crippen LogP) is 3.86. The minimum atomic E-state index is -0.503. The van der Waals surface area contributed by atoms with Gasteiger partial charge in [0, 0.05) is 6.08 Å². The summed E-state index contributed by atoms with van der Waals surface area (Å²) in [4.78, 5) is 11.5. The first-order valence-corrected chi connectivity index (χ1v) is 5.74. The van der Waals surface area contributed by atoms with E-state index < -0.39 is 5.97 Å². The van der Waals surface area contributed by atoms with Gasteiger partial charge in [0.2, 0.25) is 0 Å². The molecule has 0 aliphatic carbocycles. The summed E-state index contributed by atoms with van der Waals surface area (Å²) in [7, 11) is 0. The van der Waals surface area contributed by atoms with Crippen molar-refractivity contribution in [2.24, 2.45) is 0 Å². The van der Waals surface area contributed by atoms with Crippen LogP contribution >= 0.6 is 11.6 Å². The highest BCUT2D eigenvalue weighted by Gasteiger charge is 2.04. The Morgan fingerprint density at radius 1 is 1.28 bits per heavy atom. The lowest BCUT2D eigenvalue weighted by Gasteiger charge is -2.02. The van der Waals surface area contributed by atoms with Gasteiger partial charge in [0.25, 0.3) is 0 Å². The predicted molar refractivity (Wildman–Crippen MR) is 69.6 cm³/mol. The smallest absolute Gasteiger partial charge is 0.336 e. The molecule has 0 aliphatic rings. The van der Waals surface area contributed by atoms with Gasteiger partial charge in [-0.25, -0.2) is 4.79 Å². The van der Waals surface area contributed by atoms with Gasteiger partial charge in [-0.15, -0.1) is 0 Å². The Balaban J connectivity index is 2.01. The van der Waals surface area contributed by atoms with Gasteiger partial charge in [0.1, 0.15) is 17.3 Å². The summed E-state index contributed by atoms with van der Waals surface area (Å²) in [6.45, 7) is 1.83. The zero-order valence-corrected chi connectivity index (χ0v) is 10.5. The highest BCUT2D eigenvalue weighted by atomic mass is 35.5. The van der Waals surface area contributed by atoms with Crippen molar-refractivity contribution in [3.63, 3.8) is 0 Å². The van der Waals surface area contributed by atoms with Crippen molar-refractivity contribution in [2.75, 3.05) is 0 Å². The minimum absolute atomic E-state index is 0.337. The Labute approximate surface area is 110 Å². The van der Waals surface area contributed by atoms with Crippen molar-refractivity contribution in [3.05, 3.63) is 59.0 Å². The molecule has 1 aromatic heterocycles. The van der Waals surface area contributed by atoms with E-state index in [0.29, 0.717) is 16.5 Å². The average molecular weight is 263 g/mol. The van der Waals surface area contributed by atoms with Gasteiger partial charge in [-0.1, -0.05) is 23.7 Å². The summed E-state index contributed by atoms with van der Waals surface area (Å²) < 4.78 is 10.4. The van der Waals surface area contributed by atoms with Crippen molar-refractivity contribution in [3.8, 4) is 5.75 Å². The van der Waals surface area contributed by atoms with Crippen molar-refractivity contribution >= 4 is 23.6 Å². The normalized spacial score (nSPS) is 10.8. The molecular formula is C14H11ClO3. The third kappa shape index (κ3) is 3.25. The Hall–Kier alpha value is -2.00. The van der Waals surface area contributed by atoms with Crippen LogP contribution in [0.3, 0.4) is 0 Å². The maximum absolute atomic E-state index is 11.5. The zero-order valence-electron chi connectivity index (χ0n) is 9.72. The molecule has 18 heavy (non-hydrogen) atoms. The number of rotatable bonds is 3. The number of furan rings is 1. The molecule has 0 saturated heterocycles. The molecule has 0 fully saturated rings. The Kier molecular flexibility index (Phi) is 3.85. The molecule has 0 aliphatic heterocycles. The zero-order chi connectivity index (χ0) is 13.0. The molecule has 0 radical (unpaired) electrons. The average Bonchev–Trinajstić information content (AvgIpc) is 2.76. The van der Waals surface area contributed by atoms with E-state index in [0.717, 1.165) is 5.76 Å². The molecule has 0 unspecified atom stereocenters. The summed E-state index contributed by atoms with van der Waals surface area (Å²) >= 11 is 5.87. The van der Waals surface area contributed by atoms with Crippen molar-refractivity contribution in [1.82, 2.24) is 0 Å². The van der Waals surface area contributed by atoms with E-state index in [2.05, 4.69) is 0 Å². The van der Waals surface area contributed by atoms with E-state index in [1.165, 1.54) is 6.08 Å². The lowest BCUT2D eigenvalue weighted by atomic mass is 10.3. The van der Waals surface area contributed by atoms with Crippen LogP contribution in [0.4, 0.5) is 0 Å². The molecule has 2 aromatic rings. The number of hydrogen-bond acceptors (Lipinski definition) is 3. The summed E-state index contributed by atoms with van der Waals surface area (Å²) in [6, 6.07) is 10.4. The highest BCUT2D eigenvalue weighted by molar-refractivity contribution is 6.32. The number of esters is 1. The van der Waals surface area contributed by atoms with Crippen LogP contribution in [-0.2, 0) is 4.79 Å². The van der Waals surface area contributed by atoms with Crippen molar-refractivity contribution in [1.29, 1.82) is 0 Å². The van der Waals surface area contributed by atoms with Crippen LogP contribution in [-0.4, -0.2) is 5.97 Å². The fourth-order valence-corrected chi connectivity index (χ4v) is 1.54. The van der Waals surface area contributed by atoms with Gasteiger partial charge >= 0.3 is 5.97 Å². The van der Waals surface area contributed by atoms with Crippen LogP contribution in [0.25, 0.3) is 6.08 Å². The first-order chi connectivity index (χ1) is 8.65. The minimum Gasteiger partial charge on any atom is -0.462 e. The van der Waals surface area contributed by atoms with Gasteiger partial charge in [-0.2, -0.15) is 0 Å². The topological polar surface area (TPSA) is 39.4 Å². The van der Waals surface area contributed by atoms with Gasteiger partial charge < -0.3 is 9.15 Å². The molecule has 1 aromatic carbocycles. The monoisotopic (exact) mass is 262 g/mol. The lowest BCUT2D eigenvalue weighted by Crippen LogP contribution is -2.03. The molecule has 0 amide bonds. The lowest BCUT2D eigenvalue weighted by molar-refractivity contribution is -0.128. The van der Waals surface area contributed by atoms with Crippen LogP contribution in [0.15, 0.2) is 46.9 Å². The number of aryl methyl sites for hydroxylation is 1. The molecule has 0 spiro atoms. The van der Waals surface area contributed by atoms with E-state index in [1.54, 1.807) is 36.4 Å². The third-order valence-corrected chi connectivity index (χ3v) is 2.50. The summed E-state index contributed by atoms with van der Waals surface area (Å²) in [5.41, 5.74) is 0. The van der Waals surface area contributed by atoms with E-state index in [9.17, 15) is 4.79 Å². The third-order valence-electron chi connectivity index (χ3n) is 2.19. The number of carbonyl (C=O) groups excluding carboxylic acids is 1. The maximum atomic E-state index is 11.5. The van der Waals surface area contributed by atoms with Crippen molar-refractivity contribution in [2.45, 2.75) is 6.92 Å². The van der Waals surface area contributed by atoms with Gasteiger partial charge in [0.05, 0.1) is 5.02 Å². The fourth-order valence-electron chi connectivity index (χ4n) is 1.36. The first-order valence-electron chi connectivity index (χ1n) is 5.36. The number of para-hydroxylation sites is 1. The summed E-state index contributed by atoms with van der Waals surface area (Å²) in [5, 5.41) is 0.396. The second kappa shape index (κ2) is 5.56. The molecule has 0 saturated carbocycles. The largest absolute Gasteiger partial charge is 0.462 e. The summed E-state index contributed by atoms with van der Waals surface area (Å²) in [6.07, 6.45) is 2.84. The summed E-state index contributed by atoms with van der Waals surface area (Å²) in [5.74, 6) is 1.22. The van der Waals surface area contributed by atoms with Crippen LogP contribution < -0.4 is 4.74 Å². The molecule has 3 nitrogen and oxygen atoms in total. The van der Waals surface area contributed by atoms with Gasteiger partial charge in [-0.05, 0) is 37.3 Å². The van der Waals surface area contributed by atoms with E-state index in [4.69, 9.17) is 20.8 Å². The Morgan fingerprint density at radius 2 is 2.06 bits per heavy atom. The molecule has 2 rings (SSSR count). The first kappa shape index (κ1) is 12.5. The quantitative estimate of drug-likeness (QED) is 0.479. The maximum Gasteiger partial charge on any atom is 0.336 e. The molecular weight excluding hydrogens is 252 g/mol. The number of carbonyl (C=O) groups is 1. The molecule has 4 heteroatoms. The molecule has 92 valence electrons. The fraction of sp³-hybridized carbons (Fsp3) is 0.0714. The highest BCUT2D eigenvalue weighted by Crippen LogP contribution is 2.23. The number of halogens is 1. The van der Waals surface area contributed by atoms with Crippen LogP contribution in [0.5, 0.6) is 5.75 Å². The standard InChI is InChI=1S/C14H11ClO3/c1-10-6-7-11(17-10)8-9-14(16)18-13-5-3-2-4-12(13)15/h2-9H,1H3/b9-8+. The molecule has 0 atom stereocenters. The second-order valence-electron chi connectivity index (χ2n) is 3.63. The van der Waals surface area contributed by atoms with Crippen LogP contribution in [0, 0.1) is 6.92 Å². The van der Waals surface area contributed by atoms with Crippen LogP contribution in [0.2, 0.25) is 5.02 Å². The Morgan fingerprint density at radius 3 is 2.72 bits per heavy atom. The second-order valence-corrected chi connectivity index (χ2v) is 4.04. The Bertz CT molecular complexity index is 584. The number of hydrogen-bond donors (Lipinski definition) is 0. The molecule has 0 bridgehead atoms. The van der Waals surface area contributed by atoms with E-state index in [1.807, 2.05) is 13.0 Å². The van der Waals surface area contributed by atoms with E-state index in [-0.39, 0.29) is 0 Å². The number of benzene rings is 1. The van der Waals surface area contributed by atoms with Crippen LogP contribution in [0.1, 0.15) is 11.5 Å². The molecule has 1 heterocycles. The van der Waals surface area contributed by atoms with Gasteiger partial charge in [0.15, 0.2) is 0 Å². The molecule has 0 N–H and O–H groups in total. The van der Waals surface area contributed by atoms with E-state index >= 15 is 0 Å². The number of ether oxygens (including phenoxy) is 1.